The van der Waals surface area contributed by atoms with Gasteiger partial charge in [0.05, 0.1) is 6.04 Å². The Morgan fingerprint density at radius 2 is 1.87 bits per heavy atom. The van der Waals surface area contributed by atoms with Gasteiger partial charge >= 0.3 is 11.9 Å². The van der Waals surface area contributed by atoms with Gasteiger partial charge in [-0.1, -0.05) is 30.3 Å². The highest BCUT2D eigenvalue weighted by molar-refractivity contribution is 5.88. The molecule has 0 aromatic heterocycles. The van der Waals surface area contributed by atoms with E-state index in [0.717, 1.165) is 5.56 Å². The first kappa shape index (κ1) is 23.8. The summed E-state index contributed by atoms with van der Waals surface area (Å²) in [6.07, 6.45) is -0.0803. The number of nitrogens with two attached hydrogens (primary N) is 1. The molecule has 166 valence electrons. The molecule has 5 N–H and O–H groups in total. The second-order valence-corrected chi connectivity index (χ2v) is 7.57. The molecule has 4 atom stereocenters. The van der Waals surface area contributed by atoms with Gasteiger partial charge < -0.3 is 20.8 Å². The summed E-state index contributed by atoms with van der Waals surface area (Å²) in [4.78, 5) is 37.5. The highest BCUT2D eigenvalue weighted by Crippen LogP contribution is 2.21. The van der Waals surface area contributed by atoms with Gasteiger partial charge in [-0.25, -0.2) is 9.18 Å². The fourth-order valence-electron chi connectivity index (χ4n) is 3.76. The smallest absolute Gasteiger partial charge is 0.326 e. The molecule has 8 nitrogen and oxygen atoms in total. The quantitative estimate of drug-likeness (QED) is 0.397. The van der Waals surface area contributed by atoms with E-state index in [4.69, 9.17) is 5.73 Å². The zero-order chi connectivity index (χ0) is 22.1. The van der Waals surface area contributed by atoms with Crippen LogP contribution in [-0.4, -0.2) is 70.3 Å². The fraction of sp³-hybridized carbons (Fsp3) is 0.571. The molecule has 1 aromatic rings. The number of halogens is 1. The monoisotopic (exact) mass is 423 g/mol. The zero-order valence-corrected chi connectivity index (χ0v) is 16.9. The number of likely N-dealkylation sites (tertiary alicyclic amines) is 1. The van der Waals surface area contributed by atoms with Crippen LogP contribution >= 0.6 is 0 Å². The first-order chi connectivity index (χ1) is 14.3. The Morgan fingerprint density at radius 1 is 1.17 bits per heavy atom. The number of carbonyl (C=O) groups excluding carboxylic acids is 1. The minimum atomic E-state index is -1.40. The Labute approximate surface area is 175 Å². The Kier molecular flexibility index (Phi) is 9.19. The predicted octanol–water partition coefficient (Wildman–Crippen LogP) is 1.18. The number of nitrogens with zero attached hydrogens (tertiary/aromatic N) is 1. The van der Waals surface area contributed by atoms with Gasteiger partial charge in [0.25, 0.3) is 0 Å². The van der Waals surface area contributed by atoms with Crippen LogP contribution in [0, 0.1) is 0 Å². The Bertz CT molecular complexity index is 718. The van der Waals surface area contributed by atoms with Crippen molar-refractivity contribution in [3.8, 4) is 0 Å². The summed E-state index contributed by atoms with van der Waals surface area (Å²) >= 11 is 0. The van der Waals surface area contributed by atoms with Crippen molar-refractivity contribution in [2.24, 2.45) is 5.73 Å². The van der Waals surface area contributed by atoms with E-state index in [1.807, 2.05) is 30.3 Å². The van der Waals surface area contributed by atoms with E-state index in [1.54, 1.807) is 0 Å². The minimum Gasteiger partial charge on any atom is -0.480 e. The van der Waals surface area contributed by atoms with Crippen molar-refractivity contribution >= 4 is 17.8 Å². The lowest BCUT2D eigenvalue weighted by Gasteiger charge is -2.30. The van der Waals surface area contributed by atoms with Crippen molar-refractivity contribution in [3.63, 3.8) is 0 Å². The third kappa shape index (κ3) is 6.77. The van der Waals surface area contributed by atoms with Crippen LogP contribution < -0.4 is 11.1 Å². The van der Waals surface area contributed by atoms with E-state index in [1.165, 1.54) is 4.90 Å². The molecule has 2 rings (SSSR count). The molecule has 1 amide bonds. The van der Waals surface area contributed by atoms with Crippen LogP contribution in [0.5, 0.6) is 0 Å². The van der Waals surface area contributed by atoms with E-state index in [-0.39, 0.29) is 32.4 Å². The van der Waals surface area contributed by atoms with Crippen molar-refractivity contribution in [3.05, 3.63) is 35.9 Å². The summed E-state index contributed by atoms with van der Waals surface area (Å²) in [6.45, 7) is 0.351. The first-order valence-electron chi connectivity index (χ1n) is 10.2. The molecule has 1 aliphatic rings. The van der Waals surface area contributed by atoms with Gasteiger partial charge in [-0.05, 0) is 44.2 Å². The molecule has 0 radical (unpaired) electrons. The summed E-state index contributed by atoms with van der Waals surface area (Å²) in [5.74, 6) is -2.84. The van der Waals surface area contributed by atoms with Gasteiger partial charge in [-0.2, -0.15) is 0 Å². The number of hydrogen-bond acceptors (Lipinski definition) is 5. The molecule has 0 aliphatic carbocycles. The molecule has 0 saturated carbocycles. The van der Waals surface area contributed by atoms with E-state index in [0.29, 0.717) is 19.3 Å². The number of alkyl halides is 1. The maximum atomic E-state index is 14.3. The van der Waals surface area contributed by atoms with Crippen molar-refractivity contribution in [1.29, 1.82) is 0 Å². The molecule has 1 heterocycles. The van der Waals surface area contributed by atoms with Crippen molar-refractivity contribution in [2.75, 3.05) is 13.1 Å². The first-order valence-corrected chi connectivity index (χ1v) is 10.2. The molecular formula is C21H30FN3O5. The van der Waals surface area contributed by atoms with E-state index in [2.05, 4.69) is 5.32 Å². The molecule has 30 heavy (non-hydrogen) atoms. The van der Waals surface area contributed by atoms with Gasteiger partial charge in [0.15, 0.2) is 0 Å². The minimum absolute atomic E-state index is 0.0373. The molecule has 0 bridgehead atoms. The van der Waals surface area contributed by atoms with E-state index in [9.17, 15) is 29.0 Å². The van der Waals surface area contributed by atoms with E-state index < -0.39 is 42.1 Å². The second kappa shape index (κ2) is 11.6. The maximum absolute atomic E-state index is 14.3. The topological polar surface area (TPSA) is 133 Å². The molecule has 1 unspecified atom stereocenters. The van der Waals surface area contributed by atoms with Crippen LogP contribution in [0.25, 0.3) is 0 Å². The third-order valence-corrected chi connectivity index (χ3v) is 5.36. The number of aryl methyl sites for hydroxylation is 1. The lowest BCUT2D eigenvalue weighted by Crippen LogP contribution is -2.55. The summed E-state index contributed by atoms with van der Waals surface area (Å²) in [5.41, 5.74) is 6.35. The molecule has 1 aliphatic heterocycles. The molecule has 1 aromatic carbocycles. The van der Waals surface area contributed by atoms with Gasteiger partial charge in [0.2, 0.25) is 5.91 Å². The average Bonchev–Trinajstić information content (AvgIpc) is 3.20. The van der Waals surface area contributed by atoms with Crippen LogP contribution in [0.1, 0.15) is 37.7 Å². The number of carboxylic acid groups (broad SMARTS) is 2. The number of amides is 1. The standard InChI is InChI=1S/C21H30FN3O5/c22-15(10-11-23)13-17(19(26)25-12-4-7-18(25)21(29)30)24-16(20(27)28)9-8-14-5-2-1-3-6-14/h1-3,5-6,15-18,24H,4,7-13,23H2,(H,27,28)(H,29,30)/t15?,16-,17-,18-/m0/s1. The normalized spacial score (nSPS) is 19.3. The SMILES string of the molecule is NCCC(F)C[C@H](N[C@@H](CCc1ccccc1)C(=O)O)C(=O)N1CCC[C@H]1C(=O)O. The second-order valence-electron chi connectivity index (χ2n) is 7.57. The largest absolute Gasteiger partial charge is 0.480 e. The number of aliphatic carboxylic acids is 2. The van der Waals surface area contributed by atoms with Crippen molar-refractivity contribution in [2.45, 2.75) is 62.8 Å². The number of carboxylic acids is 2. The van der Waals surface area contributed by atoms with Gasteiger partial charge in [0, 0.05) is 13.0 Å². The van der Waals surface area contributed by atoms with Crippen molar-refractivity contribution in [1.82, 2.24) is 10.2 Å². The Hall–Kier alpha value is -2.52. The maximum Gasteiger partial charge on any atom is 0.326 e. The van der Waals surface area contributed by atoms with Crippen LogP contribution in [0.2, 0.25) is 0 Å². The number of benzene rings is 1. The van der Waals surface area contributed by atoms with Crippen LogP contribution in [-0.2, 0) is 20.8 Å². The van der Waals surface area contributed by atoms with Gasteiger partial charge in [-0.3, -0.25) is 14.9 Å². The zero-order valence-electron chi connectivity index (χ0n) is 16.9. The lowest BCUT2D eigenvalue weighted by atomic mass is 10.0. The predicted molar refractivity (Wildman–Crippen MR) is 109 cm³/mol. The summed E-state index contributed by atoms with van der Waals surface area (Å²) in [5, 5.41) is 21.8. The third-order valence-electron chi connectivity index (χ3n) is 5.36. The lowest BCUT2D eigenvalue weighted by molar-refractivity contribution is -0.150. The van der Waals surface area contributed by atoms with Gasteiger partial charge in [-0.15, -0.1) is 0 Å². The average molecular weight is 423 g/mol. The van der Waals surface area contributed by atoms with Crippen LogP contribution in [0.15, 0.2) is 30.3 Å². The molecule has 1 fully saturated rings. The Morgan fingerprint density at radius 3 is 2.47 bits per heavy atom. The van der Waals surface area contributed by atoms with Crippen LogP contribution in [0.3, 0.4) is 0 Å². The molecule has 0 spiro atoms. The summed E-state index contributed by atoms with van der Waals surface area (Å²) in [7, 11) is 0. The number of rotatable bonds is 12. The number of hydrogen-bond donors (Lipinski definition) is 4. The summed E-state index contributed by atoms with van der Waals surface area (Å²) in [6, 6.07) is 6.14. The molecule has 9 heteroatoms. The van der Waals surface area contributed by atoms with Gasteiger partial charge in [0.1, 0.15) is 18.3 Å². The highest BCUT2D eigenvalue weighted by Gasteiger charge is 2.39. The van der Waals surface area contributed by atoms with Crippen LogP contribution in [0.4, 0.5) is 4.39 Å². The van der Waals surface area contributed by atoms with Crippen molar-refractivity contribution < 1.29 is 29.0 Å². The molecule has 1 saturated heterocycles. The number of carbonyl (C=O) groups is 3. The fourth-order valence-corrected chi connectivity index (χ4v) is 3.76. The van der Waals surface area contributed by atoms with E-state index >= 15 is 0 Å². The highest BCUT2D eigenvalue weighted by atomic mass is 19.1. The number of nitrogens with one attached hydrogen (secondary N) is 1. The molecular weight excluding hydrogens is 393 g/mol. The Balaban J connectivity index is 2.13. The summed E-state index contributed by atoms with van der Waals surface area (Å²) < 4.78 is 14.3.